The molecule has 1 aromatic rings. The highest BCUT2D eigenvalue weighted by molar-refractivity contribution is 9.10. The predicted octanol–water partition coefficient (Wildman–Crippen LogP) is 1.63. The van der Waals surface area contributed by atoms with Gasteiger partial charge < -0.3 is 14.8 Å². The van der Waals surface area contributed by atoms with Gasteiger partial charge in [0.15, 0.2) is 6.29 Å². The van der Waals surface area contributed by atoms with E-state index in [9.17, 15) is 13.2 Å². The second-order valence-electron chi connectivity index (χ2n) is 4.75. The molecule has 0 spiro atoms. The first-order valence-electron chi connectivity index (χ1n) is 7.64. The molecule has 0 fully saturated rings. The largest absolute Gasteiger partial charge is 0.351 e. The zero-order valence-corrected chi connectivity index (χ0v) is 16.2. The van der Waals surface area contributed by atoms with E-state index in [4.69, 9.17) is 9.47 Å². The van der Waals surface area contributed by atoms with E-state index < -0.39 is 16.3 Å². The number of ether oxygens (including phenoxy) is 2. The molecule has 1 aromatic carbocycles. The van der Waals surface area contributed by atoms with Crippen LogP contribution in [-0.4, -0.2) is 46.9 Å². The molecule has 0 aromatic heterocycles. The number of benzene rings is 1. The summed E-state index contributed by atoms with van der Waals surface area (Å²) in [6.45, 7) is 4.87. The number of hydrogen-bond donors (Lipinski definition) is 2. The Balaban J connectivity index is 2.37. The van der Waals surface area contributed by atoms with Gasteiger partial charge in [-0.1, -0.05) is 15.9 Å². The first-order chi connectivity index (χ1) is 11.4. The van der Waals surface area contributed by atoms with Crippen LogP contribution in [0.2, 0.25) is 0 Å². The van der Waals surface area contributed by atoms with Gasteiger partial charge in [-0.15, -0.1) is 0 Å². The first-order valence-corrected chi connectivity index (χ1v) is 9.91. The van der Waals surface area contributed by atoms with Crippen molar-refractivity contribution >= 4 is 31.9 Å². The van der Waals surface area contributed by atoms with Crippen LogP contribution in [0, 0.1) is 0 Å². The summed E-state index contributed by atoms with van der Waals surface area (Å²) in [5.74, 6) is -0.280. The molecule has 1 amide bonds. The van der Waals surface area contributed by atoms with Crippen LogP contribution in [0.25, 0.3) is 0 Å². The fourth-order valence-corrected chi connectivity index (χ4v) is 3.12. The number of amides is 1. The van der Waals surface area contributed by atoms with E-state index in [2.05, 4.69) is 26.0 Å². The predicted molar refractivity (Wildman–Crippen MR) is 94.0 cm³/mol. The molecule has 1 rings (SSSR count). The summed E-state index contributed by atoms with van der Waals surface area (Å²) < 4.78 is 37.9. The van der Waals surface area contributed by atoms with Gasteiger partial charge in [0.2, 0.25) is 15.9 Å². The maximum absolute atomic E-state index is 12.1. The second-order valence-corrected chi connectivity index (χ2v) is 7.43. The molecule has 0 saturated heterocycles. The van der Waals surface area contributed by atoms with Crippen molar-refractivity contribution in [3.8, 4) is 0 Å². The van der Waals surface area contributed by atoms with E-state index in [0.29, 0.717) is 13.2 Å². The van der Waals surface area contributed by atoms with Gasteiger partial charge in [0.05, 0.1) is 11.4 Å². The number of rotatable bonds is 11. The van der Waals surface area contributed by atoms with Gasteiger partial charge in [0.1, 0.15) is 0 Å². The smallest absolute Gasteiger partial charge is 0.240 e. The molecule has 0 heterocycles. The summed E-state index contributed by atoms with van der Waals surface area (Å²) in [5.41, 5.74) is 0. The Labute approximate surface area is 151 Å². The van der Waals surface area contributed by atoms with E-state index in [-0.39, 0.29) is 30.3 Å². The van der Waals surface area contributed by atoms with Crippen LogP contribution in [-0.2, 0) is 24.3 Å². The third-order valence-electron chi connectivity index (χ3n) is 2.94. The molecule has 0 aliphatic heterocycles. The Hall–Kier alpha value is -1.00. The van der Waals surface area contributed by atoms with Crippen LogP contribution in [0.4, 0.5) is 0 Å². The van der Waals surface area contributed by atoms with Crippen molar-refractivity contribution in [1.82, 2.24) is 10.0 Å². The summed E-state index contributed by atoms with van der Waals surface area (Å²) in [5, 5.41) is 2.66. The van der Waals surface area contributed by atoms with E-state index in [1.54, 1.807) is 12.1 Å². The van der Waals surface area contributed by atoms with Gasteiger partial charge in [-0.25, -0.2) is 13.1 Å². The van der Waals surface area contributed by atoms with Crippen molar-refractivity contribution in [2.75, 3.05) is 26.3 Å². The minimum absolute atomic E-state index is 0.0121. The number of sulfonamides is 1. The van der Waals surface area contributed by atoms with E-state index >= 15 is 0 Å². The van der Waals surface area contributed by atoms with Crippen LogP contribution < -0.4 is 10.0 Å². The molecule has 2 N–H and O–H groups in total. The fraction of sp³-hybridized carbons (Fsp3) is 0.533. The molecule has 24 heavy (non-hydrogen) atoms. The van der Waals surface area contributed by atoms with Crippen molar-refractivity contribution in [3.05, 3.63) is 28.7 Å². The lowest BCUT2D eigenvalue weighted by Crippen LogP contribution is -2.37. The van der Waals surface area contributed by atoms with Crippen molar-refractivity contribution in [1.29, 1.82) is 0 Å². The quantitative estimate of drug-likeness (QED) is 0.528. The van der Waals surface area contributed by atoms with Gasteiger partial charge in [0, 0.05) is 30.7 Å². The molecule has 0 radical (unpaired) electrons. The summed E-state index contributed by atoms with van der Waals surface area (Å²) in [4.78, 5) is 11.9. The third kappa shape index (κ3) is 7.71. The molecule has 9 heteroatoms. The molecule has 136 valence electrons. The number of carbonyl (C=O) groups excluding carboxylic acids is 1. The maximum Gasteiger partial charge on any atom is 0.240 e. The Kier molecular flexibility index (Phi) is 9.45. The van der Waals surface area contributed by atoms with Crippen molar-refractivity contribution in [2.45, 2.75) is 31.5 Å². The van der Waals surface area contributed by atoms with Gasteiger partial charge in [-0.3, -0.25) is 4.79 Å². The Morgan fingerprint density at radius 3 is 2.29 bits per heavy atom. The average molecular weight is 423 g/mol. The highest BCUT2D eigenvalue weighted by Crippen LogP contribution is 2.14. The minimum Gasteiger partial charge on any atom is -0.351 e. The number of hydrogen-bond acceptors (Lipinski definition) is 5. The van der Waals surface area contributed by atoms with E-state index in [1.807, 2.05) is 13.8 Å². The van der Waals surface area contributed by atoms with Gasteiger partial charge in [-0.05, 0) is 38.1 Å². The number of halogens is 1. The van der Waals surface area contributed by atoms with Crippen LogP contribution in [0.1, 0.15) is 20.3 Å². The van der Waals surface area contributed by atoms with Gasteiger partial charge >= 0.3 is 0 Å². The molecule has 0 aliphatic rings. The highest BCUT2D eigenvalue weighted by atomic mass is 79.9. The topological polar surface area (TPSA) is 93.7 Å². The monoisotopic (exact) mass is 422 g/mol. The van der Waals surface area contributed by atoms with Crippen molar-refractivity contribution < 1.29 is 22.7 Å². The van der Waals surface area contributed by atoms with Crippen LogP contribution >= 0.6 is 15.9 Å². The molecule has 0 aliphatic carbocycles. The molecular weight excluding hydrogens is 400 g/mol. The number of carbonyl (C=O) groups is 1. The SMILES string of the molecule is CCOC(CNC(=O)CCNS(=O)(=O)c1ccc(Br)cc1)OCC. The summed E-state index contributed by atoms with van der Waals surface area (Å²) in [6, 6.07) is 6.26. The normalized spacial score (nSPS) is 11.7. The molecule has 0 saturated carbocycles. The molecule has 7 nitrogen and oxygen atoms in total. The minimum atomic E-state index is -3.62. The maximum atomic E-state index is 12.1. The van der Waals surface area contributed by atoms with Gasteiger partial charge in [0.25, 0.3) is 0 Å². The second kappa shape index (κ2) is 10.8. The lowest BCUT2D eigenvalue weighted by molar-refractivity contribution is -0.140. The molecule has 0 unspecified atom stereocenters. The average Bonchev–Trinajstić information content (AvgIpc) is 2.53. The van der Waals surface area contributed by atoms with Crippen LogP contribution in [0.3, 0.4) is 0 Å². The lowest BCUT2D eigenvalue weighted by Gasteiger charge is -2.17. The standard InChI is InChI=1S/C15H23BrN2O5S/c1-3-22-15(23-4-2)11-17-14(19)9-10-18-24(20,21)13-7-5-12(16)6-8-13/h5-8,15,18H,3-4,9-11H2,1-2H3,(H,17,19). The van der Waals surface area contributed by atoms with Crippen LogP contribution in [0.5, 0.6) is 0 Å². The molecule has 0 atom stereocenters. The molecule has 0 bridgehead atoms. The highest BCUT2D eigenvalue weighted by Gasteiger charge is 2.14. The lowest BCUT2D eigenvalue weighted by atomic mass is 10.4. The van der Waals surface area contributed by atoms with Crippen molar-refractivity contribution in [3.63, 3.8) is 0 Å². The van der Waals surface area contributed by atoms with Gasteiger partial charge in [-0.2, -0.15) is 0 Å². The Morgan fingerprint density at radius 2 is 1.75 bits per heavy atom. The summed E-state index contributed by atoms with van der Waals surface area (Å²) >= 11 is 3.25. The summed E-state index contributed by atoms with van der Waals surface area (Å²) in [6.07, 6.45) is -0.468. The zero-order chi connectivity index (χ0) is 18.0. The van der Waals surface area contributed by atoms with E-state index in [1.165, 1.54) is 12.1 Å². The zero-order valence-electron chi connectivity index (χ0n) is 13.7. The van der Waals surface area contributed by atoms with Crippen LogP contribution in [0.15, 0.2) is 33.6 Å². The van der Waals surface area contributed by atoms with Crippen molar-refractivity contribution in [2.24, 2.45) is 0 Å². The Morgan fingerprint density at radius 1 is 1.17 bits per heavy atom. The fourth-order valence-electron chi connectivity index (χ4n) is 1.82. The third-order valence-corrected chi connectivity index (χ3v) is 4.94. The Bertz CT molecular complexity index is 601. The summed E-state index contributed by atoms with van der Waals surface area (Å²) in [7, 11) is -3.62. The van der Waals surface area contributed by atoms with E-state index in [0.717, 1.165) is 4.47 Å². The first kappa shape index (κ1) is 21.0. The number of nitrogens with one attached hydrogen (secondary N) is 2. The molecular formula is C15H23BrN2O5S.